The number of alkyl halides is 1. The van der Waals surface area contributed by atoms with Crippen LogP contribution in [0.2, 0.25) is 0 Å². The van der Waals surface area contributed by atoms with Gasteiger partial charge in [0, 0.05) is 27.9 Å². The summed E-state index contributed by atoms with van der Waals surface area (Å²) in [5.41, 5.74) is 4.80. The van der Waals surface area contributed by atoms with Crippen LogP contribution in [0.25, 0.3) is 22.1 Å². The molecular weight excluding hydrogens is 543 g/mol. The predicted octanol–water partition coefficient (Wildman–Crippen LogP) is 6.72. The van der Waals surface area contributed by atoms with E-state index in [1.54, 1.807) is 37.5 Å². The van der Waals surface area contributed by atoms with Crippen LogP contribution in [0, 0.1) is 11.3 Å². The van der Waals surface area contributed by atoms with Crippen molar-refractivity contribution >= 4 is 28.3 Å². The maximum atomic E-state index is 14.1. The molecule has 0 saturated carbocycles. The van der Waals surface area contributed by atoms with Gasteiger partial charge in [-0.3, -0.25) is 4.79 Å². The number of carbonyl (C=O) groups is 1. The average molecular weight is 577 g/mol. The second-order valence-corrected chi connectivity index (χ2v) is 12.5. The van der Waals surface area contributed by atoms with Crippen molar-refractivity contribution in [3.63, 3.8) is 0 Å². The lowest BCUT2D eigenvalue weighted by molar-refractivity contribution is -0.142. The molecule has 0 saturated heterocycles. The van der Waals surface area contributed by atoms with Crippen molar-refractivity contribution in [2.24, 2.45) is 0 Å². The molecule has 1 heterocycles. The molecule has 214 valence electrons. The van der Waals surface area contributed by atoms with Crippen LogP contribution in [0.15, 0.2) is 71.3 Å². The minimum atomic E-state index is -1.44. The molecule has 0 aliphatic rings. The zero-order chi connectivity index (χ0) is 29.6. The van der Waals surface area contributed by atoms with Gasteiger partial charge in [0.25, 0.3) is 0 Å². The van der Waals surface area contributed by atoms with Crippen molar-refractivity contribution in [3.05, 3.63) is 89.2 Å². The van der Waals surface area contributed by atoms with Crippen molar-refractivity contribution in [3.8, 4) is 22.9 Å². The Labute approximate surface area is 242 Å². The molecule has 0 radical (unpaired) electrons. The molecule has 2 atom stereocenters. The Hall–Kier alpha value is -3.84. The van der Waals surface area contributed by atoms with E-state index in [1.165, 1.54) is 0 Å². The molecular formula is C32H33FN2O5S. The van der Waals surface area contributed by atoms with E-state index in [-0.39, 0.29) is 25.6 Å². The van der Waals surface area contributed by atoms with Crippen LogP contribution < -0.4 is 9.46 Å². The first-order valence-electron chi connectivity index (χ1n) is 13.3. The van der Waals surface area contributed by atoms with Crippen molar-refractivity contribution < 1.29 is 27.6 Å². The van der Waals surface area contributed by atoms with E-state index in [9.17, 15) is 19.0 Å². The van der Waals surface area contributed by atoms with Crippen LogP contribution >= 0.6 is 0 Å². The molecule has 0 aliphatic carbocycles. The van der Waals surface area contributed by atoms with Gasteiger partial charge in [0.05, 0.1) is 30.9 Å². The number of nitrogens with zero attached hydrogens (tertiary/aromatic N) is 1. The Balaban J connectivity index is 1.64. The molecule has 1 unspecified atom stereocenters. The van der Waals surface area contributed by atoms with Gasteiger partial charge in [-0.25, -0.2) is 4.39 Å². The van der Waals surface area contributed by atoms with E-state index in [4.69, 9.17) is 13.9 Å². The lowest BCUT2D eigenvalue weighted by Gasteiger charge is -2.27. The maximum Gasteiger partial charge on any atom is 0.310 e. The Bertz CT molecular complexity index is 1560. The number of ether oxygens (including phenoxy) is 2. The Morgan fingerprint density at radius 3 is 2.68 bits per heavy atom. The quantitative estimate of drug-likeness (QED) is 0.156. The zero-order valence-electron chi connectivity index (χ0n) is 23.5. The summed E-state index contributed by atoms with van der Waals surface area (Å²) in [6.07, 6.45) is 1.63. The van der Waals surface area contributed by atoms with E-state index in [2.05, 4.69) is 10.8 Å². The number of hydrogen-bond acceptors (Lipinski definition) is 7. The Kier molecular flexibility index (Phi) is 9.71. The summed E-state index contributed by atoms with van der Waals surface area (Å²) in [6.45, 7) is 6.96. The monoisotopic (exact) mass is 576 g/mol. The zero-order valence-corrected chi connectivity index (χ0v) is 24.3. The van der Waals surface area contributed by atoms with E-state index in [0.717, 1.165) is 22.1 Å². The molecule has 0 aliphatic heterocycles. The molecule has 1 aromatic heterocycles. The molecule has 9 heteroatoms. The molecule has 4 aromatic rings. The smallest absolute Gasteiger partial charge is 0.310 e. The van der Waals surface area contributed by atoms with Gasteiger partial charge < -0.3 is 18.4 Å². The second kappa shape index (κ2) is 13.2. The van der Waals surface area contributed by atoms with E-state index >= 15 is 0 Å². The summed E-state index contributed by atoms with van der Waals surface area (Å²) in [4.78, 5) is 12.1. The average Bonchev–Trinajstić information content (AvgIpc) is 3.43. The summed E-state index contributed by atoms with van der Waals surface area (Å²) < 4.78 is 46.1. The number of halogens is 1. The first-order chi connectivity index (χ1) is 19.6. The SMILES string of the molecule is CCOC(=O)Cc1ccc(C#N)cc1OCc1cc(-c2cccc([C@H](CF)N[S+]([O-])C(C)(C)C)c2)c2occc2c1. The topological polar surface area (TPSA) is 108 Å². The molecule has 0 fully saturated rings. The highest BCUT2D eigenvalue weighted by Crippen LogP contribution is 2.34. The number of benzene rings is 3. The molecule has 3 aromatic carbocycles. The Morgan fingerprint density at radius 1 is 1.17 bits per heavy atom. The van der Waals surface area contributed by atoms with Gasteiger partial charge in [0.1, 0.15) is 35.4 Å². The fourth-order valence-corrected chi connectivity index (χ4v) is 5.10. The van der Waals surface area contributed by atoms with E-state index in [0.29, 0.717) is 28.0 Å². The molecule has 0 spiro atoms. The number of furan rings is 1. The number of hydrogen-bond donors (Lipinski definition) is 1. The van der Waals surface area contributed by atoms with Crippen LogP contribution in [0.5, 0.6) is 5.75 Å². The molecule has 7 nitrogen and oxygen atoms in total. The fourth-order valence-electron chi connectivity index (χ4n) is 4.29. The minimum absolute atomic E-state index is 0.0253. The summed E-state index contributed by atoms with van der Waals surface area (Å²) in [6, 6.07) is 19.5. The first kappa shape index (κ1) is 30.1. The van der Waals surface area contributed by atoms with Crippen molar-refractivity contribution in [2.75, 3.05) is 13.3 Å². The van der Waals surface area contributed by atoms with E-state index < -0.39 is 28.8 Å². The highest BCUT2D eigenvalue weighted by Gasteiger charge is 2.30. The van der Waals surface area contributed by atoms with Gasteiger partial charge in [-0.1, -0.05) is 24.3 Å². The third-order valence-corrected chi connectivity index (χ3v) is 8.01. The maximum absolute atomic E-state index is 14.1. The molecule has 4 rings (SSSR count). The number of carbonyl (C=O) groups excluding carboxylic acids is 1. The standard InChI is InChI=1S/C32H33FN2O5S/c1-5-38-30(36)17-25-10-9-21(19-34)15-29(25)40-20-22-13-26-11-12-39-31(26)27(14-22)23-7-6-8-24(16-23)28(18-33)35-41(37)32(2,3)4/h6-16,28,35H,5,17-18,20H2,1-4H3/t28-,41?/m0/s1. The molecule has 1 N–H and O–H groups in total. The van der Waals surface area contributed by atoms with Gasteiger partial charge in [0.15, 0.2) is 0 Å². The van der Waals surface area contributed by atoms with Crippen molar-refractivity contribution in [1.29, 1.82) is 5.26 Å². The Morgan fingerprint density at radius 2 is 1.98 bits per heavy atom. The summed E-state index contributed by atoms with van der Waals surface area (Å²) >= 11 is -1.44. The lowest BCUT2D eigenvalue weighted by atomic mass is 9.97. The minimum Gasteiger partial charge on any atom is -0.598 e. The van der Waals surface area contributed by atoms with Gasteiger partial charge >= 0.3 is 5.97 Å². The summed E-state index contributed by atoms with van der Waals surface area (Å²) in [7, 11) is 0. The second-order valence-electron chi connectivity index (χ2n) is 10.5. The summed E-state index contributed by atoms with van der Waals surface area (Å²) in [5, 5.41) is 10.2. The van der Waals surface area contributed by atoms with Gasteiger partial charge in [-0.05, 0) is 80.8 Å². The van der Waals surface area contributed by atoms with E-state index in [1.807, 2.05) is 57.2 Å². The molecule has 41 heavy (non-hydrogen) atoms. The van der Waals surface area contributed by atoms with Crippen molar-refractivity contribution in [1.82, 2.24) is 4.72 Å². The fraction of sp³-hybridized carbons (Fsp3) is 0.312. The molecule has 0 amide bonds. The number of rotatable bonds is 11. The predicted molar refractivity (Wildman–Crippen MR) is 157 cm³/mol. The van der Waals surface area contributed by atoms with Crippen LogP contribution in [-0.2, 0) is 33.9 Å². The van der Waals surface area contributed by atoms with Crippen LogP contribution in [0.4, 0.5) is 4.39 Å². The summed E-state index contributed by atoms with van der Waals surface area (Å²) in [5.74, 6) is 0.0492. The highest BCUT2D eigenvalue weighted by molar-refractivity contribution is 7.90. The van der Waals surface area contributed by atoms with Gasteiger partial charge in [-0.2, -0.15) is 5.26 Å². The highest BCUT2D eigenvalue weighted by atomic mass is 32.2. The third kappa shape index (κ3) is 7.47. The third-order valence-electron chi connectivity index (χ3n) is 6.40. The van der Waals surface area contributed by atoms with Crippen LogP contribution in [0.3, 0.4) is 0 Å². The molecule has 0 bridgehead atoms. The number of nitriles is 1. The van der Waals surface area contributed by atoms with Gasteiger partial charge in [-0.15, -0.1) is 4.72 Å². The lowest BCUT2D eigenvalue weighted by Crippen LogP contribution is -2.41. The van der Waals surface area contributed by atoms with Crippen LogP contribution in [0.1, 0.15) is 56.0 Å². The van der Waals surface area contributed by atoms with Gasteiger partial charge in [0.2, 0.25) is 0 Å². The first-order valence-corrected chi connectivity index (χ1v) is 14.4. The largest absolute Gasteiger partial charge is 0.598 e. The normalized spacial score (nSPS) is 13.0. The van der Waals surface area contributed by atoms with Crippen LogP contribution in [-0.4, -0.2) is 28.6 Å². The number of fused-ring (bicyclic) bond motifs is 1. The number of nitrogens with one attached hydrogen (secondary N) is 1. The van der Waals surface area contributed by atoms with Crippen molar-refractivity contribution in [2.45, 2.75) is 51.5 Å². The number of esters is 1.